The molecule has 0 fully saturated rings. The van der Waals surface area contributed by atoms with E-state index in [-0.39, 0.29) is 5.75 Å². The third-order valence-electron chi connectivity index (χ3n) is 5.24. The number of phenols is 1. The number of nitrogens with two attached hydrogens (primary N) is 1. The van der Waals surface area contributed by atoms with Gasteiger partial charge in [-0.05, 0) is 61.9 Å². The molecule has 0 unspecified atom stereocenters. The van der Waals surface area contributed by atoms with E-state index in [2.05, 4.69) is 10.6 Å². The first-order valence-corrected chi connectivity index (χ1v) is 8.83. The van der Waals surface area contributed by atoms with Gasteiger partial charge in [-0.25, -0.2) is 0 Å². The van der Waals surface area contributed by atoms with Crippen LogP contribution in [0.2, 0.25) is 0 Å². The van der Waals surface area contributed by atoms with Gasteiger partial charge in [-0.3, -0.25) is 4.79 Å². The highest BCUT2D eigenvalue weighted by Crippen LogP contribution is 2.42. The molecule has 4 nitrogen and oxygen atoms in total. The van der Waals surface area contributed by atoms with Crippen LogP contribution in [-0.2, 0) is 19.4 Å². The fraction of sp³-hybridized carbons (Fsp3) is 0.286. The highest BCUT2D eigenvalue weighted by atomic mass is 16.3. The molecule has 1 aromatic heterocycles. The monoisotopic (exact) mass is 334 g/mol. The van der Waals surface area contributed by atoms with Gasteiger partial charge in [0.25, 0.3) is 0 Å². The van der Waals surface area contributed by atoms with Crippen LogP contribution in [0.5, 0.6) is 5.75 Å². The Labute approximate surface area is 146 Å². The molecule has 4 heteroatoms. The highest BCUT2D eigenvalue weighted by Gasteiger charge is 2.24. The molecule has 1 aliphatic rings. The maximum atomic E-state index is 12.0. The second-order valence-corrected chi connectivity index (χ2v) is 6.71. The van der Waals surface area contributed by atoms with Gasteiger partial charge in [0.05, 0.1) is 16.4 Å². The molecule has 0 radical (unpaired) electrons. The number of primary amides is 1. The van der Waals surface area contributed by atoms with Crippen molar-refractivity contribution >= 4 is 27.7 Å². The topological polar surface area (TPSA) is 68.2 Å². The smallest absolute Gasteiger partial charge is 0.249 e. The van der Waals surface area contributed by atoms with Crippen molar-refractivity contribution in [3.05, 3.63) is 53.1 Å². The second kappa shape index (κ2) is 5.96. The molecule has 1 heterocycles. The van der Waals surface area contributed by atoms with Crippen molar-refractivity contribution in [1.29, 1.82) is 0 Å². The first-order chi connectivity index (χ1) is 12.1. The summed E-state index contributed by atoms with van der Waals surface area (Å²) >= 11 is 0. The number of carbonyl (C=O) groups is 1. The van der Waals surface area contributed by atoms with Gasteiger partial charge in [-0.2, -0.15) is 0 Å². The van der Waals surface area contributed by atoms with E-state index in [1.165, 1.54) is 11.1 Å². The number of fused-ring (bicyclic) bond motifs is 5. The summed E-state index contributed by atoms with van der Waals surface area (Å²) in [5.41, 5.74) is 10.6. The quantitative estimate of drug-likeness (QED) is 0.709. The number of carbonyl (C=O) groups excluding carboxylic acids is 1. The van der Waals surface area contributed by atoms with E-state index in [0.29, 0.717) is 12.1 Å². The molecule has 3 aromatic rings. The largest absolute Gasteiger partial charge is 0.507 e. The van der Waals surface area contributed by atoms with E-state index in [4.69, 9.17) is 5.73 Å². The molecule has 0 saturated heterocycles. The summed E-state index contributed by atoms with van der Waals surface area (Å²) < 4.78 is 2.21. The number of benzene rings is 2. The highest BCUT2D eigenvalue weighted by molar-refractivity contribution is 6.20. The Hall–Kier alpha value is -2.75. The number of phenolic OH excluding ortho intramolecular Hbond substituents is 1. The summed E-state index contributed by atoms with van der Waals surface area (Å²) in [6.07, 6.45) is 8.41. The van der Waals surface area contributed by atoms with Gasteiger partial charge in [-0.15, -0.1) is 0 Å². The number of allylic oxidation sites excluding steroid dienone is 2. The van der Waals surface area contributed by atoms with Crippen LogP contribution in [0.4, 0.5) is 0 Å². The molecule has 1 amide bonds. The molecule has 0 aliphatic heterocycles. The van der Waals surface area contributed by atoms with Gasteiger partial charge in [0, 0.05) is 17.5 Å². The molecular weight excluding hydrogens is 312 g/mol. The van der Waals surface area contributed by atoms with Gasteiger partial charge in [-0.1, -0.05) is 18.2 Å². The Kier molecular flexibility index (Phi) is 3.75. The molecule has 4 rings (SSSR count). The Morgan fingerprint density at radius 3 is 2.84 bits per heavy atom. The average molecular weight is 334 g/mol. The molecule has 2 aromatic carbocycles. The summed E-state index contributed by atoms with van der Waals surface area (Å²) in [5.74, 6) is -0.221. The van der Waals surface area contributed by atoms with E-state index >= 15 is 0 Å². The van der Waals surface area contributed by atoms with Crippen LogP contribution in [0, 0.1) is 0 Å². The van der Waals surface area contributed by atoms with Crippen LogP contribution in [0.15, 0.2) is 36.4 Å². The summed E-state index contributed by atoms with van der Waals surface area (Å²) in [6.45, 7) is 2.70. The molecule has 128 valence electrons. The summed E-state index contributed by atoms with van der Waals surface area (Å²) in [5, 5.41) is 12.3. The van der Waals surface area contributed by atoms with Crippen LogP contribution in [-0.4, -0.2) is 15.6 Å². The van der Waals surface area contributed by atoms with E-state index in [1.807, 2.05) is 31.2 Å². The Bertz CT molecular complexity index is 1030. The van der Waals surface area contributed by atoms with Crippen molar-refractivity contribution in [2.24, 2.45) is 5.73 Å². The number of rotatable bonds is 3. The van der Waals surface area contributed by atoms with Gasteiger partial charge < -0.3 is 15.4 Å². The second-order valence-electron chi connectivity index (χ2n) is 6.71. The number of aryl methyl sites for hydroxylation is 2. The van der Waals surface area contributed by atoms with Crippen LogP contribution >= 0.6 is 0 Å². The first-order valence-electron chi connectivity index (χ1n) is 8.83. The lowest BCUT2D eigenvalue weighted by molar-refractivity contribution is 0.100. The number of hydrogen-bond acceptors (Lipinski definition) is 2. The zero-order valence-corrected chi connectivity index (χ0v) is 14.4. The number of aromatic nitrogens is 1. The lowest BCUT2D eigenvalue weighted by atomic mass is 9.89. The minimum Gasteiger partial charge on any atom is -0.507 e. The first kappa shape index (κ1) is 15.8. The average Bonchev–Trinajstić information content (AvgIpc) is 2.95. The lowest BCUT2D eigenvalue weighted by Gasteiger charge is -2.19. The predicted molar refractivity (Wildman–Crippen MR) is 101 cm³/mol. The Balaban J connectivity index is 2.23. The Morgan fingerprint density at radius 2 is 2.08 bits per heavy atom. The SMILES string of the molecule is C/C=C/Cn1c2cccc(C(N)=O)c2c2c(O)cc3c(c21)CCCC3. The number of hydrogen-bond donors (Lipinski definition) is 2. The van der Waals surface area contributed by atoms with Crippen LogP contribution in [0.1, 0.15) is 41.3 Å². The number of nitrogens with zero attached hydrogens (tertiary/aromatic N) is 1. The summed E-state index contributed by atoms with van der Waals surface area (Å²) in [7, 11) is 0. The molecule has 1 aliphatic carbocycles. The van der Waals surface area contributed by atoms with Crippen LogP contribution in [0.3, 0.4) is 0 Å². The summed E-state index contributed by atoms with van der Waals surface area (Å²) in [6, 6.07) is 7.48. The fourth-order valence-electron chi connectivity index (χ4n) is 4.17. The standard InChI is InChI=1S/C21H22N2O2/c1-2-3-11-23-16-10-6-9-15(21(22)25)18(16)19-17(24)12-13-7-4-5-8-14(13)20(19)23/h2-3,6,9-10,12,24H,4-5,7-8,11H2,1H3,(H2,22,25)/b3-2+. The molecule has 0 bridgehead atoms. The molecule has 3 N–H and O–H groups in total. The van der Waals surface area contributed by atoms with Gasteiger partial charge in [0.2, 0.25) is 5.91 Å². The predicted octanol–water partition coefficient (Wildman–Crippen LogP) is 4.05. The van der Waals surface area contributed by atoms with Gasteiger partial charge >= 0.3 is 0 Å². The number of amides is 1. The maximum absolute atomic E-state index is 12.0. The molecule has 25 heavy (non-hydrogen) atoms. The van der Waals surface area contributed by atoms with E-state index < -0.39 is 5.91 Å². The van der Waals surface area contributed by atoms with Crippen molar-refractivity contribution in [2.45, 2.75) is 39.2 Å². The van der Waals surface area contributed by atoms with Crippen LogP contribution in [0.25, 0.3) is 21.8 Å². The minimum absolute atomic E-state index is 0.244. The van der Waals surface area contributed by atoms with Crippen LogP contribution < -0.4 is 5.73 Å². The third kappa shape index (κ3) is 2.32. The van der Waals surface area contributed by atoms with E-state index in [0.717, 1.165) is 47.5 Å². The van der Waals surface area contributed by atoms with Gasteiger partial charge in [0.15, 0.2) is 0 Å². The van der Waals surface area contributed by atoms with Crippen molar-refractivity contribution < 1.29 is 9.90 Å². The van der Waals surface area contributed by atoms with Crippen molar-refractivity contribution in [3.8, 4) is 5.75 Å². The zero-order valence-electron chi connectivity index (χ0n) is 14.4. The van der Waals surface area contributed by atoms with E-state index in [9.17, 15) is 9.90 Å². The van der Waals surface area contributed by atoms with Crippen molar-refractivity contribution in [2.75, 3.05) is 0 Å². The van der Waals surface area contributed by atoms with Crippen molar-refractivity contribution in [3.63, 3.8) is 0 Å². The number of aromatic hydroxyl groups is 1. The summed E-state index contributed by atoms with van der Waals surface area (Å²) in [4.78, 5) is 12.0. The lowest BCUT2D eigenvalue weighted by Crippen LogP contribution is -2.11. The normalized spacial score (nSPS) is 14.4. The Morgan fingerprint density at radius 1 is 1.28 bits per heavy atom. The minimum atomic E-state index is -0.465. The molecule has 0 saturated carbocycles. The molecular formula is C21H22N2O2. The maximum Gasteiger partial charge on any atom is 0.249 e. The third-order valence-corrected chi connectivity index (χ3v) is 5.24. The van der Waals surface area contributed by atoms with Crippen molar-refractivity contribution in [1.82, 2.24) is 4.57 Å². The van der Waals surface area contributed by atoms with Gasteiger partial charge in [0.1, 0.15) is 5.75 Å². The zero-order chi connectivity index (χ0) is 17.6. The fourth-order valence-corrected chi connectivity index (χ4v) is 4.17. The molecule has 0 atom stereocenters. The molecule has 0 spiro atoms. The van der Waals surface area contributed by atoms with E-state index in [1.54, 1.807) is 6.07 Å².